The van der Waals surface area contributed by atoms with Gasteiger partial charge < -0.3 is 4.74 Å². The van der Waals surface area contributed by atoms with E-state index in [4.69, 9.17) is 0 Å². The second-order valence-corrected chi connectivity index (χ2v) is 5.37. The summed E-state index contributed by atoms with van der Waals surface area (Å²) in [6, 6.07) is 5.05. The SMILES string of the molecule is COC(=O)NC(=O)CN(Cc1ccc(C(F)(F)F)cc1)C1CC1. The van der Waals surface area contributed by atoms with Crippen molar-refractivity contribution >= 4 is 12.0 Å². The van der Waals surface area contributed by atoms with Crippen LogP contribution >= 0.6 is 0 Å². The quantitative estimate of drug-likeness (QED) is 0.901. The standard InChI is InChI=1S/C15H17F3N2O3/c1-23-14(22)19-13(21)9-20(12-6-7-12)8-10-2-4-11(5-3-10)15(16,17)18/h2-5,12H,6-9H2,1H3,(H,19,21,22). The predicted octanol–water partition coefficient (Wildman–Crippen LogP) is 2.55. The van der Waals surface area contributed by atoms with E-state index in [-0.39, 0.29) is 12.6 Å². The highest BCUT2D eigenvalue weighted by atomic mass is 19.4. The lowest BCUT2D eigenvalue weighted by molar-refractivity contribution is -0.137. The zero-order chi connectivity index (χ0) is 17.0. The van der Waals surface area contributed by atoms with E-state index in [1.807, 2.05) is 4.90 Å². The number of nitrogens with zero attached hydrogens (tertiary/aromatic N) is 1. The lowest BCUT2D eigenvalue weighted by atomic mass is 10.1. The van der Waals surface area contributed by atoms with Crippen LogP contribution in [0.1, 0.15) is 24.0 Å². The molecule has 1 fully saturated rings. The molecule has 126 valence electrons. The number of alkyl halides is 3. The molecule has 2 amide bonds. The second kappa shape index (κ2) is 6.99. The van der Waals surface area contributed by atoms with Crippen LogP contribution in [0.15, 0.2) is 24.3 Å². The normalized spacial score (nSPS) is 14.7. The smallest absolute Gasteiger partial charge is 0.416 e. The number of alkyl carbamates (subject to hydrolysis) is 1. The molecule has 2 rings (SSSR count). The molecule has 0 bridgehead atoms. The highest BCUT2D eigenvalue weighted by Crippen LogP contribution is 2.31. The van der Waals surface area contributed by atoms with Gasteiger partial charge in [0.15, 0.2) is 0 Å². The van der Waals surface area contributed by atoms with Gasteiger partial charge in [-0.15, -0.1) is 0 Å². The molecule has 1 aromatic rings. The fourth-order valence-corrected chi connectivity index (χ4v) is 2.18. The summed E-state index contributed by atoms with van der Waals surface area (Å²) in [5.74, 6) is -0.504. The van der Waals surface area contributed by atoms with E-state index >= 15 is 0 Å². The van der Waals surface area contributed by atoms with Crippen LogP contribution in [0.4, 0.5) is 18.0 Å². The number of benzene rings is 1. The molecular weight excluding hydrogens is 313 g/mol. The lowest BCUT2D eigenvalue weighted by Gasteiger charge is -2.21. The van der Waals surface area contributed by atoms with Crippen molar-refractivity contribution in [1.29, 1.82) is 0 Å². The molecule has 0 unspecified atom stereocenters. The van der Waals surface area contributed by atoms with Gasteiger partial charge in [-0.05, 0) is 30.5 Å². The number of ether oxygens (including phenoxy) is 1. The van der Waals surface area contributed by atoms with Crippen molar-refractivity contribution in [2.75, 3.05) is 13.7 Å². The Labute approximate surface area is 131 Å². The van der Waals surface area contributed by atoms with Crippen LogP contribution in [-0.4, -0.2) is 36.6 Å². The van der Waals surface area contributed by atoms with E-state index < -0.39 is 23.7 Å². The van der Waals surface area contributed by atoms with Gasteiger partial charge in [0, 0.05) is 12.6 Å². The molecule has 5 nitrogen and oxygen atoms in total. The van der Waals surface area contributed by atoms with Crippen LogP contribution in [0.3, 0.4) is 0 Å². The van der Waals surface area contributed by atoms with Gasteiger partial charge in [-0.25, -0.2) is 4.79 Å². The Bertz CT molecular complexity index is 568. The first-order valence-electron chi connectivity index (χ1n) is 7.07. The van der Waals surface area contributed by atoms with Crippen molar-refractivity contribution in [2.45, 2.75) is 31.6 Å². The molecule has 0 aliphatic heterocycles. The summed E-state index contributed by atoms with van der Waals surface area (Å²) in [7, 11) is 1.16. The number of amides is 2. The first kappa shape index (κ1) is 17.3. The average Bonchev–Trinajstić information content (AvgIpc) is 3.30. The third kappa shape index (κ3) is 5.24. The maximum atomic E-state index is 12.5. The maximum absolute atomic E-state index is 12.5. The monoisotopic (exact) mass is 330 g/mol. The first-order chi connectivity index (χ1) is 10.8. The number of carbonyl (C=O) groups excluding carboxylic acids is 2. The van der Waals surface area contributed by atoms with Gasteiger partial charge >= 0.3 is 12.3 Å². The topological polar surface area (TPSA) is 58.6 Å². The summed E-state index contributed by atoms with van der Waals surface area (Å²) in [6.07, 6.45) is -3.35. The van der Waals surface area contributed by atoms with Crippen LogP contribution < -0.4 is 5.32 Å². The Balaban J connectivity index is 1.97. The molecule has 0 spiro atoms. The minimum Gasteiger partial charge on any atom is -0.453 e. The molecule has 0 heterocycles. The summed E-state index contributed by atoms with van der Waals surface area (Å²) in [4.78, 5) is 24.6. The van der Waals surface area contributed by atoms with E-state index in [2.05, 4.69) is 10.1 Å². The van der Waals surface area contributed by atoms with Crippen molar-refractivity contribution < 1.29 is 27.5 Å². The van der Waals surface area contributed by atoms with Crippen molar-refractivity contribution in [3.8, 4) is 0 Å². The number of halogens is 3. The Morgan fingerprint density at radius 1 is 1.26 bits per heavy atom. The van der Waals surface area contributed by atoms with Crippen LogP contribution in [0, 0.1) is 0 Å². The molecule has 23 heavy (non-hydrogen) atoms. The Kier molecular flexibility index (Phi) is 5.25. The number of methoxy groups -OCH3 is 1. The fourth-order valence-electron chi connectivity index (χ4n) is 2.18. The highest BCUT2D eigenvalue weighted by molar-refractivity contribution is 5.92. The van der Waals surface area contributed by atoms with E-state index in [1.165, 1.54) is 12.1 Å². The minimum atomic E-state index is -4.37. The van der Waals surface area contributed by atoms with Crippen LogP contribution in [0.25, 0.3) is 0 Å². The summed E-state index contributed by atoms with van der Waals surface area (Å²) >= 11 is 0. The molecule has 0 atom stereocenters. The Morgan fingerprint density at radius 3 is 2.35 bits per heavy atom. The summed E-state index contributed by atoms with van der Waals surface area (Å²) in [5, 5.41) is 2.07. The van der Waals surface area contributed by atoms with E-state index in [1.54, 1.807) is 0 Å². The van der Waals surface area contributed by atoms with Crippen molar-refractivity contribution in [2.24, 2.45) is 0 Å². The number of hydrogen-bond acceptors (Lipinski definition) is 4. The zero-order valence-corrected chi connectivity index (χ0v) is 12.5. The van der Waals surface area contributed by atoms with Crippen molar-refractivity contribution in [1.82, 2.24) is 10.2 Å². The first-order valence-corrected chi connectivity index (χ1v) is 7.07. The summed E-state index contributed by atoms with van der Waals surface area (Å²) in [5.41, 5.74) is -0.0292. The van der Waals surface area contributed by atoms with Crippen molar-refractivity contribution in [3.05, 3.63) is 35.4 Å². The third-order valence-corrected chi connectivity index (χ3v) is 3.50. The molecule has 0 saturated heterocycles. The van der Waals surface area contributed by atoms with E-state index in [0.29, 0.717) is 12.1 Å². The van der Waals surface area contributed by atoms with Gasteiger partial charge in [0.05, 0.1) is 19.2 Å². The third-order valence-electron chi connectivity index (χ3n) is 3.50. The fraction of sp³-hybridized carbons (Fsp3) is 0.467. The molecule has 0 aromatic heterocycles. The predicted molar refractivity (Wildman–Crippen MR) is 75.4 cm³/mol. The Morgan fingerprint density at radius 2 is 1.87 bits per heavy atom. The van der Waals surface area contributed by atoms with Crippen LogP contribution in [-0.2, 0) is 22.3 Å². The number of imide groups is 1. The summed E-state index contributed by atoms with van der Waals surface area (Å²) in [6.45, 7) is 0.332. The van der Waals surface area contributed by atoms with Gasteiger partial charge in [-0.2, -0.15) is 13.2 Å². The molecule has 1 saturated carbocycles. The lowest BCUT2D eigenvalue weighted by Crippen LogP contribution is -2.40. The van der Waals surface area contributed by atoms with Gasteiger partial charge in [0.25, 0.3) is 0 Å². The van der Waals surface area contributed by atoms with Gasteiger partial charge in [0.1, 0.15) is 0 Å². The zero-order valence-electron chi connectivity index (χ0n) is 12.5. The second-order valence-electron chi connectivity index (χ2n) is 5.37. The number of rotatable bonds is 5. The van der Waals surface area contributed by atoms with Crippen LogP contribution in [0.5, 0.6) is 0 Å². The van der Waals surface area contributed by atoms with Crippen molar-refractivity contribution in [3.63, 3.8) is 0 Å². The maximum Gasteiger partial charge on any atom is 0.416 e. The highest BCUT2D eigenvalue weighted by Gasteiger charge is 2.32. The number of hydrogen-bond donors (Lipinski definition) is 1. The molecule has 1 N–H and O–H groups in total. The largest absolute Gasteiger partial charge is 0.453 e. The van der Waals surface area contributed by atoms with Crippen LogP contribution in [0.2, 0.25) is 0 Å². The minimum absolute atomic E-state index is 0.0131. The Hall–Kier alpha value is -2.09. The number of nitrogens with one attached hydrogen (secondary N) is 1. The van der Waals surface area contributed by atoms with Gasteiger partial charge in [-0.1, -0.05) is 12.1 Å². The molecule has 1 aliphatic carbocycles. The summed E-state index contributed by atoms with van der Waals surface area (Å²) < 4.78 is 42.0. The van der Waals surface area contributed by atoms with E-state index in [0.717, 1.165) is 32.1 Å². The molecule has 1 aromatic carbocycles. The number of carbonyl (C=O) groups is 2. The molecular formula is C15H17F3N2O3. The molecule has 0 radical (unpaired) electrons. The van der Waals surface area contributed by atoms with Gasteiger partial charge in [-0.3, -0.25) is 15.0 Å². The molecule has 8 heteroatoms. The average molecular weight is 330 g/mol. The van der Waals surface area contributed by atoms with Gasteiger partial charge in [0.2, 0.25) is 5.91 Å². The van der Waals surface area contributed by atoms with E-state index in [9.17, 15) is 22.8 Å². The molecule has 1 aliphatic rings.